The monoisotopic (exact) mass is 447 g/mol. The Morgan fingerprint density at radius 2 is 1.69 bits per heavy atom. The Bertz CT molecular complexity index is 1280. The normalized spacial score (nSPS) is 10.8. The number of hydrogen-bond acceptors (Lipinski definition) is 4. The van der Waals surface area contributed by atoms with Crippen molar-refractivity contribution in [1.29, 1.82) is 0 Å². The fraction of sp³-hybridized carbons (Fsp3) is 0.154. The summed E-state index contributed by atoms with van der Waals surface area (Å²) in [6, 6.07) is 22.1. The molecule has 0 bridgehead atoms. The van der Waals surface area contributed by atoms with Crippen LogP contribution in [-0.4, -0.2) is 29.5 Å². The largest absolute Gasteiger partial charge is 0.482 e. The molecule has 4 rings (SSSR count). The minimum Gasteiger partial charge on any atom is -0.482 e. The van der Waals surface area contributed by atoms with Gasteiger partial charge in [0, 0.05) is 27.4 Å². The maximum Gasteiger partial charge on any atom is 0.344 e. The second-order valence-corrected chi connectivity index (χ2v) is 7.68. The maximum atomic E-state index is 13.5. The highest BCUT2D eigenvalue weighted by molar-refractivity contribution is 6.30. The number of fused-ring (bicyclic) bond motifs is 1. The highest BCUT2D eigenvalue weighted by atomic mass is 35.5. The fourth-order valence-corrected chi connectivity index (χ4v) is 3.90. The second-order valence-electron chi connectivity index (χ2n) is 7.24. The van der Waals surface area contributed by atoms with E-state index < -0.39 is 5.97 Å². The third-order valence-electron chi connectivity index (χ3n) is 5.19. The Balaban J connectivity index is 1.85. The number of rotatable bonds is 7. The molecule has 0 fully saturated rings. The third-order valence-corrected chi connectivity index (χ3v) is 5.44. The van der Waals surface area contributed by atoms with Gasteiger partial charge in [-0.2, -0.15) is 0 Å². The quantitative estimate of drug-likeness (QED) is 0.267. The second kappa shape index (κ2) is 9.28. The van der Waals surface area contributed by atoms with E-state index in [-0.39, 0.29) is 12.4 Å². The standard InChI is InChI=1S/C26H22ClNO4/c1-3-31-24(29)16-32-21-13-14-23-22(15-21)25(26(30)18-7-5-4-6-8-18)17(2)28(23)20-11-9-19(27)10-12-20/h4-15H,3,16H2,1-2H3. The van der Waals surface area contributed by atoms with Crippen LogP contribution in [0.5, 0.6) is 5.75 Å². The summed E-state index contributed by atoms with van der Waals surface area (Å²) in [4.78, 5) is 25.2. The van der Waals surface area contributed by atoms with E-state index >= 15 is 0 Å². The van der Waals surface area contributed by atoms with E-state index in [1.165, 1.54) is 0 Å². The van der Waals surface area contributed by atoms with Crippen molar-refractivity contribution in [2.24, 2.45) is 0 Å². The Kier molecular flexibility index (Phi) is 6.28. The Labute approximate surface area is 191 Å². The van der Waals surface area contributed by atoms with Gasteiger partial charge in [0.25, 0.3) is 0 Å². The number of carbonyl (C=O) groups is 2. The Hall–Kier alpha value is -3.57. The zero-order chi connectivity index (χ0) is 22.7. The molecule has 0 saturated heterocycles. The maximum absolute atomic E-state index is 13.5. The predicted molar refractivity (Wildman–Crippen MR) is 125 cm³/mol. The molecule has 0 amide bonds. The van der Waals surface area contributed by atoms with Gasteiger partial charge in [-0.3, -0.25) is 4.79 Å². The molecule has 0 aliphatic rings. The highest BCUT2D eigenvalue weighted by Crippen LogP contribution is 2.33. The molecule has 0 atom stereocenters. The van der Waals surface area contributed by atoms with E-state index in [1.807, 2.05) is 60.0 Å². The molecule has 1 aromatic heterocycles. The molecule has 3 aromatic carbocycles. The lowest BCUT2D eigenvalue weighted by Gasteiger charge is -2.09. The minimum absolute atomic E-state index is 0.0802. The molecule has 6 heteroatoms. The molecule has 0 saturated carbocycles. The number of ether oxygens (including phenoxy) is 2. The van der Waals surface area contributed by atoms with Crippen molar-refractivity contribution in [3.05, 3.63) is 94.6 Å². The average Bonchev–Trinajstić information content (AvgIpc) is 3.09. The van der Waals surface area contributed by atoms with Crippen molar-refractivity contribution >= 4 is 34.3 Å². The van der Waals surface area contributed by atoms with Crippen LogP contribution in [0.15, 0.2) is 72.8 Å². The van der Waals surface area contributed by atoms with Crippen molar-refractivity contribution in [2.75, 3.05) is 13.2 Å². The first-order valence-electron chi connectivity index (χ1n) is 10.3. The molecule has 0 aliphatic heterocycles. The molecule has 0 aliphatic carbocycles. The summed E-state index contributed by atoms with van der Waals surface area (Å²) in [5.41, 5.74) is 3.74. The van der Waals surface area contributed by atoms with Crippen LogP contribution >= 0.6 is 11.6 Å². The summed E-state index contributed by atoms with van der Waals surface area (Å²) in [6.45, 7) is 3.76. The number of benzene rings is 3. The fourth-order valence-electron chi connectivity index (χ4n) is 3.78. The SMILES string of the molecule is CCOC(=O)COc1ccc2c(c1)c(C(=O)c1ccccc1)c(C)n2-c1ccc(Cl)cc1. The van der Waals surface area contributed by atoms with Crippen LogP contribution in [0.3, 0.4) is 0 Å². The van der Waals surface area contributed by atoms with Crippen LogP contribution in [0.2, 0.25) is 5.02 Å². The van der Waals surface area contributed by atoms with Gasteiger partial charge in [0.1, 0.15) is 5.75 Å². The lowest BCUT2D eigenvalue weighted by Crippen LogP contribution is -2.14. The Morgan fingerprint density at radius 1 is 0.969 bits per heavy atom. The molecule has 162 valence electrons. The summed E-state index contributed by atoms with van der Waals surface area (Å²) < 4.78 is 12.6. The summed E-state index contributed by atoms with van der Waals surface area (Å²) in [5, 5.41) is 1.38. The molecular weight excluding hydrogens is 426 g/mol. The van der Waals surface area contributed by atoms with Gasteiger partial charge in [-0.25, -0.2) is 4.79 Å². The van der Waals surface area contributed by atoms with E-state index in [1.54, 1.807) is 31.2 Å². The Morgan fingerprint density at radius 3 is 2.38 bits per heavy atom. The number of halogens is 1. The molecule has 0 spiro atoms. The summed E-state index contributed by atoms with van der Waals surface area (Å²) >= 11 is 6.08. The van der Waals surface area contributed by atoms with E-state index in [9.17, 15) is 9.59 Å². The molecule has 0 unspecified atom stereocenters. The van der Waals surface area contributed by atoms with Gasteiger partial charge in [-0.05, 0) is 56.3 Å². The number of hydrogen-bond donors (Lipinski definition) is 0. The lowest BCUT2D eigenvalue weighted by atomic mass is 10.0. The number of ketones is 1. The topological polar surface area (TPSA) is 57.5 Å². The number of carbonyl (C=O) groups excluding carboxylic acids is 2. The average molecular weight is 448 g/mol. The zero-order valence-electron chi connectivity index (χ0n) is 17.8. The first-order valence-corrected chi connectivity index (χ1v) is 10.7. The van der Waals surface area contributed by atoms with Crippen LogP contribution in [0.4, 0.5) is 0 Å². The van der Waals surface area contributed by atoms with E-state index in [0.717, 1.165) is 22.3 Å². The van der Waals surface area contributed by atoms with E-state index in [0.29, 0.717) is 28.5 Å². The van der Waals surface area contributed by atoms with Crippen molar-refractivity contribution in [3.63, 3.8) is 0 Å². The van der Waals surface area contributed by atoms with Crippen molar-refractivity contribution in [3.8, 4) is 11.4 Å². The van der Waals surface area contributed by atoms with Gasteiger partial charge in [0.2, 0.25) is 0 Å². The first-order chi connectivity index (χ1) is 15.5. The van der Waals surface area contributed by atoms with E-state index in [4.69, 9.17) is 21.1 Å². The van der Waals surface area contributed by atoms with Crippen LogP contribution in [0.25, 0.3) is 16.6 Å². The van der Waals surface area contributed by atoms with Crippen LogP contribution in [-0.2, 0) is 9.53 Å². The molecular formula is C26H22ClNO4. The van der Waals surface area contributed by atoms with Gasteiger partial charge >= 0.3 is 5.97 Å². The zero-order valence-corrected chi connectivity index (χ0v) is 18.6. The van der Waals surface area contributed by atoms with Gasteiger partial charge in [0.05, 0.1) is 17.7 Å². The molecule has 0 N–H and O–H groups in total. The summed E-state index contributed by atoms with van der Waals surface area (Å²) in [6.07, 6.45) is 0. The van der Waals surface area contributed by atoms with Crippen LogP contribution in [0.1, 0.15) is 28.5 Å². The highest BCUT2D eigenvalue weighted by Gasteiger charge is 2.22. The molecule has 0 radical (unpaired) electrons. The van der Waals surface area contributed by atoms with E-state index in [2.05, 4.69) is 0 Å². The molecule has 32 heavy (non-hydrogen) atoms. The van der Waals surface area contributed by atoms with Crippen LogP contribution < -0.4 is 4.74 Å². The van der Waals surface area contributed by atoms with Crippen LogP contribution in [0, 0.1) is 6.92 Å². The van der Waals surface area contributed by atoms with Crippen molar-refractivity contribution in [1.82, 2.24) is 4.57 Å². The smallest absolute Gasteiger partial charge is 0.344 e. The first kappa shape index (κ1) is 21.7. The van der Waals surface area contributed by atoms with Gasteiger partial charge in [0.15, 0.2) is 12.4 Å². The summed E-state index contributed by atoms with van der Waals surface area (Å²) in [5.74, 6) is -0.0348. The predicted octanol–water partition coefficient (Wildman–Crippen LogP) is 5.77. The number of aromatic nitrogens is 1. The van der Waals surface area contributed by atoms with Crippen molar-refractivity contribution in [2.45, 2.75) is 13.8 Å². The van der Waals surface area contributed by atoms with Crippen molar-refractivity contribution < 1.29 is 19.1 Å². The number of nitrogens with zero attached hydrogens (tertiary/aromatic N) is 1. The lowest BCUT2D eigenvalue weighted by molar-refractivity contribution is -0.145. The molecule has 5 nitrogen and oxygen atoms in total. The van der Waals surface area contributed by atoms with Gasteiger partial charge in [-0.1, -0.05) is 41.9 Å². The molecule has 1 heterocycles. The van der Waals surface area contributed by atoms with Gasteiger partial charge < -0.3 is 14.0 Å². The number of esters is 1. The minimum atomic E-state index is -0.442. The molecule has 4 aromatic rings. The van der Waals surface area contributed by atoms with Gasteiger partial charge in [-0.15, -0.1) is 0 Å². The summed E-state index contributed by atoms with van der Waals surface area (Å²) in [7, 11) is 0. The third kappa shape index (κ3) is 4.25.